The molecule has 1 rings (SSSR count). The number of nitrogens with zero attached hydrogens (tertiary/aromatic N) is 2. The molecule has 0 spiro atoms. The van der Waals surface area contributed by atoms with Gasteiger partial charge in [-0.25, -0.2) is 14.6 Å². The fourth-order valence-electron chi connectivity index (χ4n) is 1.35. The topological polar surface area (TPSA) is 82.5 Å². The number of carbonyl (C=O) groups excluding carboxylic acids is 1. The van der Waals surface area contributed by atoms with Crippen LogP contribution in [0.1, 0.15) is 20.8 Å². The summed E-state index contributed by atoms with van der Waals surface area (Å²) in [7, 11) is 0. The van der Waals surface area contributed by atoms with Gasteiger partial charge in [-0.05, 0) is 20.8 Å². The van der Waals surface area contributed by atoms with Gasteiger partial charge in [0.25, 0.3) is 0 Å². The monoisotopic (exact) mass is 257 g/mol. The van der Waals surface area contributed by atoms with E-state index in [1.165, 1.54) is 30.1 Å². The average Bonchev–Trinajstić information content (AvgIpc) is 2.70. The van der Waals surface area contributed by atoms with Gasteiger partial charge in [-0.15, -0.1) is 11.3 Å². The molecule has 94 valence electrons. The molecule has 1 aromatic rings. The molecule has 0 saturated carbocycles. The van der Waals surface area contributed by atoms with Crippen molar-refractivity contribution >= 4 is 28.5 Å². The molecule has 0 aliphatic heterocycles. The summed E-state index contributed by atoms with van der Waals surface area (Å²) in [4.78, 5) is 28.2. The van der Waals surface area contributed by atoms with Gasteiger partial charge < -0.3 is 10.0 Å². The van der Waals surface area contributed by atoms with Gasteiger partial charge in [-0.2, -0.15) is 0 Å². The standard InChI is InChI=1S/C10H15N3O3S/c1-4-13(10(2,3)7(14)15)9(16)12-8-11-5-6-17-8/h5-6H,4H2,1-3H3,(H,14,15)(H,11,12,16). The summed E-state index contributed by atoms with van der Waals surface area (Å²) < 4.78 is 0. The van der Waals surface area contributed by atoms with Crippen LogP contribution in [0.3, 0.4) is 0 Å². The maximum Gasteiger partial charge on any atom is 0.329 e. The lowest BCUT2D eigenvalue weighted by molar-refractivity contribution is -0.147. The molecule has 7 heteroatoms. The summed E-state index contributed by atoms with van der Waals surface area (Å²) in [6.45, 7) is 5.00. The number of aliphatic carboxylic acids is 1. The lowest BCUT2D eigenvalue weighted by atomic mass is 10.0. The van der Waals surface area contributed by atoms with Crippen LogP contribution in [0.2, 0.25) is 0 Å². The van der Waals surface area contributed by atoms with Crippen LogP contribution in [0.4, 0.5) is 9.93 Å². The smallest absolute Gasteiger partial charge is 0.329 e. The third-order valence-corrected chi connectivity index (χ3v) is 3.09. The highest BCUT2D eigenvalue weighted by molar-refractivity contribution is 7.13. The van der Waals surface area contributed by atoms with E-state index in [2.05, 4.69) is 10.3 Å². The van der Waals surface area contributed by atoms with E-state index in [1.54, 1.807) is 18.5 Å². The summed E-state index contributed by atoms with van der Waals surface area (Å²) in [5.41, 5.74) is -1.25. The van der Waals surface area contributed by atoms with Crippen LogP contribution in [0.5, 0.6) is 0 Å². The highest BCUT2D eigenvalue weighted by atomic mass is 32.1. The van der Waals surface area contributed by atoms with Crippen LogP contribution < -0.4 is 5.32 Å². The zero-order chi connectivity index (χ0) is 13.1. The van der Waals surface area contributed by atoms with Crippen molar-refractivity contribution in [3.63, 3.8) is 0 Å². The summed E-state index contributed by atoms with van der Waals surface area (Å²) >= 11 is 1.28. The first-order chi connectivity index (χ1) is 7.89. The second kappa shape index (κ2) is 5.13. The van der Waals surface area contributed by atoms with Gasteiger partial charge in [0.15, 0.2) is 5.13 Å². The molecule has 0 unspecified atom stereocenters. The molecule has 2 amide bonds. The minimum Gasteiger partial charge on any atom is -0.480 e. The number of carboxylic acids is 1. The van der Waals surface area contributed by atoms with Crippen LogP contribution in [0.25, 0.3) is 0 Å². The number of hydrogen-bond acceptors (Lipinski definition) is 4. The van der Waals surface area contributed by atoms with Crippen molar-refractivity contribution in [2.75, 3.05) is 11.9 Å². The molecule has 1 aromatic heterocycles. The number of amides is 2. The molecular formula is C10H15N3O3S. The fourth-order valence-corrected chi connectivity index (χ4v) is 1.87. The number of nitrogens with one attached hydrogen (secondary N) is 1. The molecule has 0 radical (unpaired) electrons. The predicted octanol–water partition coefficient (Wildman–Crippen LogP) is 1.86. The molecule has 0 aromatic carbocycles. The number of carboxylic acid groups (broad SMARTS) is 1. The Balaban J connectivity index is 2.81. The molecule has 0 bridgehead atoms. The van der Waals surface area contributed by atoms with Crippen LogP contribution in [0.15, 0.2) is 11.6 Å². The van der Waals surface area contributed by atoms with Gasteiger partial charge in [0.1, 0.15) is 5.54 Å². The molecule has 0 aliphatic rings. The number of hydrogen-bond donors (Lipinski definition) is 2. The van der Waals surface area contributed by atoms with Crippen molar-refractivity contribution in [1.82, 2.24) is 9.88 Å². The maximum atomic E-state index is 11.9. The SMILES string of the molecule is CCN(C(=O)Nc1nccs1)C(C)(C)C(=O)O. The summed E-state index contributed by atoms with van der Waals surface area (Å²) in [5.74, 6) is -1.05. The van der Waals surface area contributed by atoms with Crippen molar-refractivity contribution in [2.45, 2.75) is 26.3 Å². The average molecular weight is 257 g/mol. The van der Waals surface area contributed by atoms with E-state index in [0.717, 1.165) is 0 Å². The molecule has 0 fully saturated rings. The van der Waals surface area contributed by atoms with Gasteiger partial charge in [-0.3, -0.25) is 5.32 Å². The number of rotatable bonds is 4. The van der Waals surface area contributed by atoms with E-state index in [-0.39, 0.29) is 0 Å². The predicted molar refractivity (Wildman–Crippen MR) is 65.2 cm³/mol. The van der Waals surface area contributed by atoms with E-state index in [0.29, 0.717) is 11.7 Å². The van der Waals surface area contributed by atoms with Crippen LogP contribution >= 0.6 is 11.3 Å². The van der Waals surface area contributed by atoms with Crippen molar-refractivity contribution in [2.24, 2.45) is 0 Å². The van der Waals surface area contributed by atoms with E-state index < -0.39 is 17.5 Å². The van der Waals surface area contributed by atoms with Crippen molar-refractivity contribution in [3.05, 3.63) is 11.6 Å². The second-order valence-corrected chi connectivity index (χ2v) is 4.77. The number of carbonyl (C=O) groups is 2. The zero-order valence-corrected chi connectivity index (χ0v) is 10.7. The lowest BCUT2D eigenvalue weighted by Gasteiger charge is -2.33. The Labute approximate surface area is 103 Å². The Morgan fingerprint density at radius 2 is 2.24 bits per heavy atom. The molecular weight excluding hydrogens is 242 g/mol. The molecule has 17 heavy (non-hydrogen) atoms. The molecule has 0 atom stereocenters. The highest BCUT2D eigenvalue weighted by Crippen LogP contribution is 2.17. The first kappa shape index (κ1) is 13.4. The van der Waals surface area contributed by atoms with Crippen molar-refractivity contribution in [1.29, 1.82) is 0 Å². The third kappa shape index (κ3) is 2.94. The van der Waals surface area contributed by atoms with E-state index in [4.69, 9.17) is 5.11 Å². The van der Waals surface area contributed by atoms with Gasteiger partial charge in [0.05, 0.1) is 0 Å². The summed E-state index contributed by atoms with van der Waals surface area (Å²) in [6, 6.07) is -0.463. The van der Waals surface area contributed by atoms with Crippen LogP contribution in [-0.2, 0) is 4.79 Å². The van der Waals surface area contributed by atoms with Gasteiger partial charge in [0.2, 0.25) is 0 Å². The Bertz CT molecular complexity index is 403. The van der Waals surface area contributed by atoms with E-state index in [1.807, 2.05) is 0 Å². The molecule has 6 nitrogen and oxygen atoms in total. The Morgan fingerprint density at radius 1 is 1.59 bits per heavy atom. The molecule has 0 aliphatic carbocycles. The molecule has 1 heterocycles. The van der Waals surface area contributed by atoms with Crippen molar-refractivity contribution < 1.29 is 14.7 Å². The second-order valence-electron chi connectivity index (χ2n) is 3.88. The maximum absolute atomic E-state index is 11.9. The van der Waals surface area contributed by atoms with Crippen LogP contribution in [-0.4, -0.2) is 39.1 Å². The highest BCUT2D eigenvalue weighted by Gasteiger charge is 2.37. The van der Waals surface area contributed by atoms with Crippen LogP contribution in [0, 0.1) is 0 Å². The van der Waals surface area contributed by atoms with Crippen molar-refractivity contribution in [3.8, 4) is 0 Å². The van der Waals surface area contributed by atoms with Gasteiger partial charge >= 0.3 is 12.0 Å². The minimum absolute atomic E-state index is 0.302. The van der Waals surface area contributed by atoms with Gasteiger partial charge in [-0.1, -0.05) is 0 Å². The quantitative estimate of drug-likeness (QED) is 0.862. The summed E-state index contributed by atoms with van der Waals surface area (Å²) in [6.07, 6.45) is 1.57. The molecule has 0 saturated heterocycles. The number of thiazole rings is 1. The summed E-state index contributed by atoms with van der Waals surface area (Å²) in [5, 5.41) is 13.8. The van der Waals surface area contributed by atoms with Gasteiger partial charge in [0, 0.05) is 18.1 Å². The van der Waals surface area contributed by atoms with E-state index in [9.17, 15) is 9.59 Å². The number of anilines is 1. The fraction of sp³-hybridized carbons (Fsp3) is 0.500. The number of urea groups is 1. The zero-order valence-electron chi connectivity index (χ0n) is 9.93. The first-order valence-corrected chi connectivity index (χ1v) is 5.99. The van der Waals surface area contributed by atoms with E-state index >= 15 is 0 Å². The normalized spacial score (nSPS) is 11.0. The largest absolute Gasteiger partial charge is 0.480 e. The Morgan fingerprint density at radius 3 is 2.65 bits per heavy atom. The minimum atomic E-state index is -1.25. The number of likely N-dealkylation sites (N-methyl/N-ethyl adjacent to an activating group) is 1. The lowest BCUT2D eigenvalue weighted by Crippen LogP contribution is -2.54. The Kier molecular flexibility index (Phi) is 4.06. The molecule has 2 N–H and O–H groups in total. The third-order valence-electron chi connectivity index (χ3n) is 2.41. The Hall–Kier alpha value is -1.63. The first-order valence-electron chi connectivity index (χ1n) is 5.11. The number of aromatic nitrogens is 1.